The molecule has 1 N–H and O–H groups in total. The van der Waals surface area contributed by atoms with E-state index >= 15 is 0 Å². The Hall–Kier alpha value is -3.02. The maximum absolute atomic E-state index is 13.1. The summed E-state index contributed by atoms with van der Waals surface area (Å²) in [6.45, 7) is 6.50. The molecule has 0 radical (unpaired) electrons. The first-order chi connectivity index (χ1) is 14.0. The van der Waals surface area contributed by atoms with E-state index in [1.165, 1.54) is 0 Å². The Labute approximate surface area is 172 Å². The van der Waals surface area contributed by atoms with Gasteiger partial charge in [0.1, 0.15) is 17.5 Å². The number of nitrogens with zero attached hydrogens (tertiary/aromatic N) is 1. The molecule has 0 spiro atoms. The van der Waals surface area contributed by atoms with Crippen LogP contribution in [0.5, 0.6) is 11.5 Å². The Morgan fingerprint density at radius 1 is 1.03 bits per heavy atom. The second-order valence-electron chi connectivity index (χ2n) is 6.73. The van der Waals surface area contributed by atoms with E-state index < -0.39 is 6.04 Å². The van der Waals surface area contributed by atoms with E-state index in [2.05, 4.69) is 5.32 Å². The number of likely N-dealkylation sites (N-methyl/N-ethyl adjacent to an activating group) is 1. The highest BCUT2D eigenvalue weighted by Gasteiger charge is 2.28. The van der Waals surface area contributed by atoms with Crippen LogP contribution in [0.4, 0.5) is 0 Å². The fraction of sp³-hybridized carbons (Fsp3) is 0.391. The van der Waals surface area contributed by atoms with Gasteiger partial charge in [-0.15, -0.1) is 0 Å². The van der Waals surface area contributed by atoms with Gasteiger partial charge in [0.05, 0.1) is 7.11 Å². The molecular formula is C23H30N2O4. The van der Waals surface area contributed by atoms with E-state index in [1.807, 2.05) is 45.0 Å². The van der Waals surface area contributed by atoms with Gasteiger partial charge in [-0.1, -0.05) is 31.2 Å². The van der Waals surface area contributed by atoms with Crippen LogP contribution in [0.3, 0.4) is 0 Å². The summed E-state index contributed by atoms with van der Waals surface area (Å²) in [6, 6.07) is 14.4. The van der Waals surface area contributed by atoms with Crippen molar-refractivity contribution in [2.24, 2.45) is 0 Å². The molecule has 1 atom stereocenters. The highest BCUT2D eigenvalue weighted by Crippen LogP contribution is 2.19. The van der Waals surface area contributed by atoms with Crippen LogP contribution >= 0.6 is 0 Å². The Morgan fingerprint density at radius 2 is 1.69 bits per heavy atom. The largest absolute Gasteiger partial charge is 0.497 e. The molecule has 156 valence electrons. The van der Waals surface area contributed by atoms with Crippen LogP contribution in [0.1, 0.15) is 31.4 Å². The van der Waals surface area contributed by atoms with Crippen molar-refractivity contribution < 1.29 is 19.1 Å². The summed E-state index contributed by atoms with van der Waals surface area (Å²) in [7, 11) is 1.59. The Bertz CT molecular complexity index is 805. The third-order valence-corrected chi connectivity index (χ3v) is 4.76. The van der Waals surface area contributed by atoms with Crippen molar-refractivity contribution in [3.05, 3.63) is 59.7 Å². The predicted molar refractivity (Wildman–Crippen MR) is 113 cm³/mol. The molecule has 0 unspecified atom stereocenters. The summed E-state index contributed by atoms with van der Waals surface area (Å²) in [5.41, 5.74) is 2.08. The Kier molecular flexibility index (Phi) is 8.52. The number of amides is 2. The van der Waals surface area contributed by atoms with Crippen molar-refractivity contribution in [1.82, 2.24) is 10.2 Å². The lowest BCUT2D eigenvalue weighted by atomic mass is 10.1. The second-order valence-corrected chi connectivity index (χ2v) is 6.73. The number of nitrogens with one attached hydrogen (secondary N) is 1. The molecule has 29 heavy (non-hydrogen) atoms. The van der Waals surface area contributed by atoms with Crippen LogP contribution in [0.25, 0.3) is 0 Å². The molecule has 0 aliphatic rings. The molecular weight excluding hydrogens is 368 g/mol. The number of hydrogen-bond donors (Lipinski definition) is 1. The summed E-state index contributed by atoms with van der Waals surface area (Å²) in [4.78, 5) is 27.2. The maximum atomic E-state index is 13.1. The standard InChI is InChI=1S/C23H30N2O4/c1-5-21(23(27)24-6-2)25(15-18-10-8-7-9-17(18)3)22(26)16-29-20-13-11-19(28-4)12-14-20/h7-14,21H,5-6,15-16H2,1-4H3,(H,24,27)/t21-/m1/s1. The molecule has 2 aromatic rings. The molecule has 2 rings (SSSR count). The van der Waals surface area contributed by atoms with Crippen LogP contribution in [-0.4, -0.2) is 43.0 Å². The first-order valence-corrected chi connectivity index (χ1v) is 9.88. The normalized spacial score (nSPS) is 11.4. The number of hydrogen-bond acceptors (Lipinski definition) is 4. The van der Waals surface area contributed by atoms with E-state index in [1.54, 1.807) is 36.3 Å². The average Bonchev–Trinajstić information content (AvgIpc) is 2.73. The van der Waals surface area contributed by atoms with E-state index in [0.717, 1.165) is 11.1 Å². The van der Waals surface area contributed by atoms with Gasteiger partial charge in [0.2, 0.25) is 5.91 Å². The molecule has 0 bridgehead atoms. The van der Waals surface area contributed by atoms with E-state index in [0.29, 0.717) is 31.0 Å². The van der Waals surface area contributed by atoms with Crippen LogP contribution in [0, 0.1) is 6.92 Å². The molecule has 0 saturated heterocycles. The summed E-state index contributed by atoms with van der Waals surface area (Å²) >= 11 is 0. The SMILES string of the molecule is CCNC(=O)[C@@H](CC)N(Cc1ccccc1C)C(=O)COc1ccc(OC)cc1. The highest BCUT2D eigenvalue weighted by atomic mass is 16.5. The summed E-state index contributed by atoms with van der Waals surface area (Å²) in [5, 5.41) is 2.83. The fourth-order valence-corrected chi connectivity index (χ4v) is 3.08. The first kappa shape index (κ1) is 22.3. The lowest BCUT2D eigenvalue weighted by Gasteiger charge is -2.31. The van der Waals surface area contributed by atoms with Gasteiger partial charge in [0.25, 0.3) is 5.91 Å². The van der Waals surface area contributed by atoms with E-state index in [4.69, 9.17) is 9.47 Å². The molecule has 0 aliphatic heterocycles. The zero-order valence-corrected chi connectivity index (χ0v) is 17.6. The van der Waals surface area contributed by atoms with Crippen LogP contribution < -0.4 is 14.8 Å². The zero-order valence-electron chi connectivity index (χ0n) is 17.6. The van der Waals surface area contributed by atoms with Gasteiger partial charge in [0.15, 0.2) is 6.61 Å². The van der Waals surface area contributed by atoms with Crippen molar-refractivity contribution >= 4 is 11.8 Å². The third-order valence-electron chi connectivity index (χ3n) is 4.76. The second kappa shape index (κ2) is 11.1. The van der Waals surface area contributed by atoms with Gasteiger partial charge >= 0.3 is 0 Å². The zero-order chi connectivity index (χ0) is 21.2. The molecule has 2 amide bonds. The van der Waals surface area contributed by atoms with Gasteiger partial charge < -0.3 is 19.7 Å². The minimum absolute atomic E-state index is 0.145. The minimum Gasteiger partial charge on any atom is -0.497 e. The van der Waals surface area contributed by atoms with Crippen molar-refractivity contribution in [3.63, 3.8) is 0 Å². The third kappa shape index (κ3) is 6.24. The molecule has 0 aliphatic carbocycles. The van der Waals surface area contributed by atoms with Crippen molar-refractivity contribution in [2.75, 3.05) is 20.3 Å². The molecule has 6 nitrogen and oxygen atoms in total. The average molecular weight is 399 g/mol. The molecule has 0 fully saturated rings. The Balaban J connectivity index is 2.18. The van der Waals surface area contributed by atoms with Crippen LogP contribution in [0.2, 0.25) is 0 Å². The summed E-state index contributed by atoms with van der Waals surface area (Å²) in [5.74, 6) is 0.900. The Morgan fingerprint density at radius 3 is 2.28 bits per heavy atom. The smallest absolute Gasteiger partial charge is 0.261 e. The van der Waals surface area contributed by atoms with Gasteiger partial charge in [-0.2, -0.15) is 0 Å². The van der Waals surface area contributed by atoms with Gasteiger partial charge in [-0.25, -0.2) is 0 Å². The number of ether oxygens (including phenoxy) is 2. The maximum Gasteiger partial charge on any atom is 0.261 e. The number of methoxy groups -OCH3 is 1. The first-order valence-electron chi connectivity index (χ1n) is 9.88. The number of carbonyl (C=O) groups is 2. The molecule has 0 saturated carbocycles. The summed E-state index contributed by atoms with van der Waals surface area (Å²) < 4.78 is 10.8. The molecule has 0 aromatic heterocycles. The lowest BCUT2D eigenvalue weighted by molar-refractivity contribution is -0.142. The monoisotopic (exact) mass is 398 g/mol. The number of benzene rings is 2. The minimum atomic E-state index is -0.554. The van der Waals surface area contributed by atoms with Crippen LogP contribution in [-0.2, 0) is 16.1 Å². The van der Waals surface area contributed by atoms with Crippen LogP contribution in [0.15, 0.2) is 48.5 Å². The number of carbonyl (C=O) groups excluding carboxylic acids is 2. The number of aryl methyl sites for hydroxylation is 1. The molecule has 0 heterocycles. The quantitative estimate of drug-likeness (QED) is 0.667. The predicted octanol–water partition coefficient (Wildman–Crippen LogP) is 3.33. The topological polar surface area (TPSA) is 67.9 Å². The van der Waals surface area contributed by atoms with E-state index in [-0.39, 0.29) is 18.4 Å². The lowest BCUT2D eigenvalue weighted by Crippen LogP contribution is -2.50. The van der Waals surface area contributed by atoms with Gasteiger partial charge in [-0.05, 0) is 55.7 Å². The van der Waals surface area contributed by atoms with E-state index in [9.17, 15) is 9.59 Å². The van der Waals surface area contributed by atoms with Crippen molar-refractivity contribution in [1.29, 1.82) is 0 Å². The van der Waals surface area contributed by atoms with Crippen molar-refractivity contribution in [2.45, 2.75) is 39.8 Å². The van der Waals surface area contributed by atoms with Crippen molar-refractivity contribution in [3.8, 4) is 11.5 Å². The fourth-order valence-electron chi connectivity index (χ4n) is 3.08. The molecule has 2 aromatic carbocycles. The van der Waals surface area contributed by atoms with Gasteiger partial charge in [-0.3, -0.25) is 9.59 Å². The highest BCUT2D eigenvalue weighted by molar-refractivity contribution is 5.88. The summed E-state index contributed by atoms with van der Waals surface area (Å²) in [6.07, 6.45) is 0.520. The number of rotatable bonds is 10. The van der Waals surface area contributed by atoms with Gasteiger partial charge in [0, 0.05) is 13.1 Å². The molecule has 6 heteroatoms.